The number of benzene rings is 2. The summed E-state index contributed by atoms with van der Waals surface area (Å²) < 4.78 is 10.2. The molecule has 2 N–H and O–H groups in total. The van der Waals surface area contributed by atoms with E-state index >= 15 is 0 Å². The third-order valence-corrected chi connectivity index (χ3v) is 5.54. The first-order valence-corrected chi connectivity index (χ1v) is 10.8. The largest absolute Gasteiger partial charge is 0.468 e. The smallest absolute Gasteiger partial charge is 0.293 e. The SMILES string of the molecule is CCOC=O.Cl.NC1(OCc2ccccc2)C=CC=C[C@@H]1CC(=O)N1CCc2ccccc21. The van der Waals surface area contributed by atoms with E-state index < -0.39 is 5.72 Å². The van der Waals surface area contributed by atoms with Gasteiger partial charge < -0.3 is 14.4 Å². The van der Waals surface area contributed by atoms with Crippen LogP contribution >= 0.6 is 12.4 Å². The van der Waals surface area contributed by atoms with E-state index in [0.29, 0.717) is 26.1 Å². The molecule has 0 fully saturated rings. The van der Waals surface area contributed by atoms with Gasteiger partial charge in [0.25, 0.3) is 6.47 Å². The number of rotatable bonds is 7. The van der Waals surface area contributed by atoms with Gasteiger partial charge in [-0.2, -0.15) is 0 Å². The van der Waals surface area contributed by atoms with E-state index in [1.54, 1.807) is 6.92 Å². The molecule has 1 aliphatic carbocycles. The number of fused-ring (bicyclic) bond motifs is 1. The number of nitrogens with two attached hydrogens (primary N) is 1. The molecule has 2 aromatic rings. The molecule has 0 aromatic heterocycles. The van der Waals surface area contributed by atoms with Crippen molar-refractivity contribution < 1.29 is 19.1 Å². The first-order chi connectivity index (χ1) is 15.6. The highest BCUT2D eigenvalue weighted by molar-refractivity contribution is 5.95. The molecule has 1 aliphatic heterocycles. The van der Waals surface area contributed by atoms with E-state index in [4.69, 9.17) is 10.5 Å². The number of anilines is 1. The Morgan fingerprint density at radius 1 is 1.15 bits per heavy atom. The van der Waals surface area contributed by atoms with E-state index in [-0.39, 0.29) is 24.2 Å². The Bertz CT molecular complexity index is 964. The molecule has 7 heteroatoms. The van der Waals surface area contributed by atoms with E-state index in [1.807, 2.05) is 77.7 Å². The number of nitrogens with zero attached hydrogens (tertiary/aromatic N) is 1. The first-order valence-electron chi connectivity index (χ1n) is 10.8. The second-order valence-corrected chi connectivity index (χ2v) is 7.66. The number of hydrogen-bond donors (Lipinski definition) is 1. The van der Waals surface area contributed by atoms with Crippen LogP contribution in [-0.2, 0) is 32.1 Å². The predicted octanol–water partition coefficient (Wildman–Crippen LogP) is 4.18. The van der Waals surface area contributed by atoms with Crippen LogP contribution in [0.15, 0.2) is 78.9 Å². The molecule has 1 amide bonds. The van der Waals surface area contributed by atoms with Gasteiger partial charge in [-0.3, -0.25) is 15.3 Å². The predicted molar refractivity (Wildman–Crippen MR) is 132 cm³/mol. The van der Waals surface area contributed by atoms with Crippen LogP contribution in [0.4, 0.5) is 5.69 Å². The number of hydrogen-bond acceptors (Lipinski definition) is 5. The van der Waals surface area contributed by atoms with Gasteiger partial charge in [-0.15, -0.1) is 12.4 Å². The van der Waals surface area contributed by atoms with Gasteiger partial charge in [0.15, 0.2) is 0 Å². The van der Waals surface area contributed by atoms with Crippen molar-refractivity contribution in [1.82, 2.24) is 0 Å². The van der Waals surface area contributed by atoms with Crippen LogP contribution in [0.25, 0.3) is 0 Å². The molecule has 2 aliphatic rings. The van der Waals surface area contributed by atoms with Crippen molar-refractivity contribution in [2.45, 2.75) is 32.1 Å². The second-order valence-electron chi connectivity index (χ2n) is 7.66. The van der Waals surface area contributed by atoms with Gasteiger partial charge in [-0.05, 0) is 36.6 Å². The lowest BCUT2D eigenvalue weighted by Crippen LogP contribution is -2.49. The molecule has 0 saturated carbocycles. The van der Waals surface area contributed by atoms with Crippen LogP contribution in [0.3, 0.4) is 0 Å². The molecule has 1 unspecified atom stereocenters. The Kier molecular flexibility index (Phi) is 10.3. The highest BCUT2D eigenvalue weighted by Crippen LogP contribution is 2.32. The van der Waals surface area contributed by atoms with Gasteiger partial charge in [-0.25, -0.2) is 0 Å². The molecule has 2 atom stereocenters. The van der Waals surface area contributed by atoms with Gasteiger partial charge in [-0.1, -0.05) is 66.8 Å². The maximum atomic E-state index is 13.0. The number of ether oxygens (including phenoxy) is 2. The molecule has 0 radical (unpaired) electrons. The summed E-state index contributed by atoms with van der Waals surface area (Å²) in [5.41, 5.74) is 8.88. The van der Waals surface area contributed by atoms with Crippen LogP contribution in [0.2, 0.25) is 0 Å². The van der Waals surface area contributed by atoms with Crippen LogP contribution in [-0.4, -0.2) is 31.3 Å². The minimum atomic E-state index is -0.987. The van der Waals surface area contributed by atoms with Gasteiger partial charge >= 0.3 is 0 Å². The number of carbonyl (C=O) groups is 2. The fourth-order valence-corrected chi connectivity index (χ4v) is 3.81. The van der Waals surface area contributed by atoms with Gasteiger partial charge in [0.2, 0.25) is 5.91 Å². The molecule has 0 bridgehead atoms. The van der Waals surface area contributed by atoms with Crippen LogP contribution in [0, 0.1) is 5.92 Å². The topological polar surface area (TPSA) is 81.9 Å². The molecule has 0 spiro atoms. The number of amides is 1. The standard InChI is InChI=1S/C23H24N2O2.C3H6O2.ClH/c24-23(27-17-18-8-2-1-3-9-18)14-7-6-11-20(23)16-22(26)25-15-13-19-10-4-5-12-21(19)25;1-2-5-3-4;/h1-12,14,20H,13,15-17,24H2;3H,2H2,1H3;1H/t20-,23?;;/m1../s1. The van der Waals surface area contributed by atoms with Crippen molar-refractivity contribution in [3.05, 3.63) is 90.0 Å². The maximum absolute atomic E-state index is 13.0. The van der Waals surface area contributed by atoms with Crippen molar-refractivity contribution >= 4 is 30.5 Å². The minimum absolute atomic E-state index is 0. The van der Waals surface area contributed by atoms with Gasteiger partial charge in [0.05, 0.1) is 13.2 Å². The van der Waals surface area contributed by atoms with Crippen molar-refractivity contribution in [3.63, 3.8) is 0 Å². The Morgan fingerprint density at radius 3 is 2.58 bits per heavy atom. The van der Waals surface area contributed by atoms with Crippen LogP contribution in [0.1, 0.15) is 24.5 Å². The summed E-state index contributed by atoms with van der Waals surface area (Å²) in [5, 5.41) is 0. The lowest BCUT2D eigenvalue weighted by molar-refractivity contribution is -0.128. The van der Waals surface area contributed by atoms with Crippen molar-refractivity contribution in [2.75, 3.05) is 18.1 Å². The zero-order valence-corrected chi connectivity index (χ0v) is 19.6. The molecule has 0 saturated heterocycles. The number of allylic oxidation sites excluding steroid dienone is 2. The summed E-state index contributed by atoms with van der Waals surface area (Å²) in [6.45, 7) is 3.80. The number of halogens is 1. The zero-order chi connectivity index (χ0) is 22.8. The van der Waals surface area contributed by atoms with Gasteiger partial charge in [0.1, 0.15) is 5.72 Å². The normalized spacial score (nSPS) is 20.2. The summed E-state index contributed by atoms with van der Waals surface area (Å²) in [4.78, 5) is 24.1. The van der Waals surface area contributed by atoms with Gasteiger partial charge in [0, 0.05) is 24.6 Å². The molecule has 33 heavy (non-hydrogen) atoms. The summed E-state index contributed by atoms with van der Waals surface area (Å²) >= 11 is 0. The fraction of sp³-hybridized carbons (Fsp3) is 0.308. The fourth-order valence-electron chi connectivity index (χ4n) is 3.81. The number of carbonyl (C=O) groups excluding carboxylic acids is 2. The van der Waals surface area contributed by atoms with Crippen molar-refractivity contribution in [2.24, 2.45) is 11.7 Å². The van der Waals surface area contributed by atoms with E-state index in [9.17, 15) is 9.59 Å². The Morgan fingerprint density at radius 2 is 1.88 bits per heavy atom. The Hall–Kier alpha value is -2.93. The highest BCUT2D eigenvalue weighted by atomic mass is 35.5. The molecule has 6 nitrogen and oxygen atoms in total. The monoisotopic (exact) mass is 470 g/mol. The van der Waals surface area contributed by atoms with Crippen molar-refractivity contribution in [1.29, 1.82) is 0 Å². The molecule has 176 valence electrons. The summed E-state index contributed by atoms with van der Waals surface area (Å²) in [6.07, 6.45) is 8.88. The number of para-hydroxylation sites is 1. The Labute approximate surface area is 201 Å². The van der Waals surface area contributed by atoms with E-state index in [2.05, 4.69) is 10.8 Å². The van der Waals surface area contributed by atoms with Crippen LogP contribution < -0.4 is 10.6 Å². The average Bonchev–Trinajstić information content (AvgIpc) is 3.25. The lowest BCUT2D eigenvalue weighted by Gasteiger charge is -2.35. The first kappa shape index (κ1) is 26.3. The summed E-state index contributed by atoms with van der Waals surface area (Å²) in [6, 6.07) is 18.0. The average molecular weight is 471 g/mol. The van der Waals surface area contributed by atoms with E-state index in [0.717, 1.165) is 24.2 Å². The molecular formula is C26H31ClN2O4. The van der Waals surface area contributed by atoms with E-state index in [1.165, 1.54) is 5.56 Å². The maximum Gasteiger partial charge on any atom is 0.293 e. The Balaban J connectivity index is 0.000000583. The minimum Gasteiger partial charge on any atom is -0.468 e. The molecule has 1 heterocycles. The van der Waals surface area contributed by atoms with Crippen molar-refractivity contribution in [3.8, 4) is 0 Å². The highest BCUT2D eigenvalue weighted by Gasteiger charge is 2.37. The van der Waals surface area contributed by atoms with Crippen LogP contribution in [0.5, 0.6) is 0 Å². The molecule has 4 rings (SSSR count). The third-order valence-electron chi connectivity index (χ3n) is 5.54. The summed E-state index contributed by atoms with van der Waals surface area (Å²) in [5.74, 6) is -0.116. The second kappa shape index (κ2) is 12.9. The molecule has 2 aromatic carbocycles. The lowest BCUT2D eigenvalue weighted by atomic mass is 9.88. The summed E-state index contributed by atoms with van der Waals surface area (Å²) in [7, 11) is 0. The third kappa shape index (κ3) is 7.02. The molecular weight excluding hydrogens is 440 g/mol. The zero-order valence-electron chi connectivity index (χ0n) is 18.8. The quantitative estimate of drug-likeness (QED) is 0.485.